The minimum atomic E-state index is -5.64. The maximum Gasteiger partial charge on any atom is 0.297 e. The maximum absolute atomic E-state index is 12.7. The third-order valence-electron chi connectivity index (χ3n) is 8.50. The number of aliphatic hydroxyl groups is 1. The molecule has 0 aliphatic carbocycles. The molecule has 5 aromatic carbocycles. The van der Waals surface area contributed by atoms with Crippen LogP contribution in [-0.4, -0.2) is 103 Å². The summed E-state index contributed by atoms with van der Waals surface area (Å²) in [6, 6.07) is 12.8. The number of hydrogen-bond acceptors (Lipinski definition) is 19. The van der Waals surface area contributed by atoms with Gasteiger partial charge in [0.05, 0.1) is 22.1 Å². The summed E-state index contributed by atoms with van der Waals surface area (Å²) in [6.45, 7) is -0.289. The van der Waals surface area contributed by atoms with Crippen molar-refractivity contribution in [3.05, 3.63) is 83.6 Å². The molecule has 30 heteroatoms. The number of azo groups is 1. The molecular formula is C32H26ClN7O17S5. The third kappa shape index (κ3) is 9.88. The van der Waals surface area contributed by atoms with Crippen LogP contribution in [0.5, 0.6) is 5.75 Å². The molecule has 24 nitrogen and oxygen atoms in total. The molecule has 0 aliphatic rings. The molecule has 0 radical (unpaired) electrons. The van der Waals surface area contributed by atoms with Gasteiger partial charge in [0, 0.05) is 29.2 Å². The molecule has 8 N–H and O–H groups in total. The fourth-order valence-electron chi connectivity index (χ4n) is 5.99. The molecular weight excluding hydrogens is 950 g/mol. The molecule has 62 heavy (non-hydrogen) atoms. The molecule has 0 saturated heterocycles. The summed E-state index contributed by atoms with van der Waals surface area (Å²) >= 11 is 6.21. The quantitative estimate of drug-likeness (QED) is 0.0566. The van der Waals surface area contributed by atoms with E-state index in [1.807, 2.05) is 0 Å². The van der Waals surface area contributed by atoms with Gasteiger partial charge < -0.3 is 20.4 Å². The lowest BCUT2D eigenvalue weighted by atomic mass is 10.1. The number of aromatic nitrogens is 3. The molecule has 328 valence electrons. The Kier molecular flexibility index (Phi) is 12.3. The highest BCUT2D eigenvalue weighted by molar-refractivity contribution is 7.87. The van der Waals surface area contributed by atoms with E-state index in [0.717, 1.165) is 17.7 Å². The van der Waals surface area contributed by atoms with Gasteiger partial charge in [-0.1, -0.05) is 36.4 Å². The number of anilines is 3. The summed E-state index contributed by atoms with van der Waals surface area (Å²) < 4.78 is 174. The topological polar surface area (TPSA) is 391 Å². The number of fused-ring (bicyclic) bond motifs is 2. The minimum absolute atomic E-state index is 0.0384. The second-order valence-electron chi connectivity index (χ2n) is 12.6. The van der Waals surface area contributed by atoms with E-state index >= 15 is 0 Å². The number of aliphatic hydroxyl groups excluding tert-OH is 1. The molecule has 0 atom stereocenters. The number of phenols is 1. The van der Waals surface area contributed by atoms with Crippen molar-refractivity contribution in [2.75, 3.05) is 23.4 Å². The Morgan fingerprint density at radius 1 is 0.661 bits per heavy atom. The molecule has 0 unspecified atom stereocenters. The Bertz CT molecular complexity index is 3440. The Morgan fingerprint density at radius 3 is 1.87 bits per heavy atom. The molecule has 6 aromatic rings. The van der Waals surface area contributed by atoms with E-state index in [1.54, 1.807) is 30.3 Å². The highest BCUT2D eigenvalue weighted by Crippen LogP contribution is 2.46. The van der Waals surface area contributed by atoms with Crippen molar-refractivity contribution in [2.24, 2.45) is 10.2 Å². The second kappa shape index (κ2) is 16.6. The zero-order valence-electron chi connectivity index (χ0n) is 30.4. The first kappa shape index (κ1) is 45.9. The van der Waals surface area contributed by atoms with E-state index in [9.17, 15) is 75.1 Å². The number of nitrogens with zero attached hydrogens (tertiary/aromatic N) is 6. The van der Waals surface area contributed by atoms with Gasteiger partial charge in [-0.05, 0) is 58.9 Å². The monoisotopic (exact) mass is 975 g/mol. The van der Waals surface area contributed by atoms with Crippen LogP contribution in [0.4, 0.5) is 29.0 Å². The van der Waals surface area contributed by atoms with E-state index in [2.05, 4.69) is 30.5 Å². The summed E-state index contributed by atoms with van der Waals surface area (Å²) in [7, 11) is -27.0. The normalized spacial score (nSPS) is 13.0. The van der Waals surface area contributed by atoms with Crippen LogP contribution in [0.15, 0.2) is 108 Å². The number of benzene rings is 5. The Labute approximate surface area is 355 Å². The Morgan fingerprint density at radius 2 is 1.29 bits per heavy atom. The zero-order valence-corrected chi connectivity index (χ0v) is 35.2. The van der Waals surface area contributed by atoms with Crippen molar-refractivity contribution in [1.29, 1.82) is 0 Å². The first-order valence-corrected chi connectivity index (χ1v) is 24.1. The number of hydrogen-bond donors (Lipinski definition) is 8. The molecule has 1 heterocycles. The largest absolute Gasteiger partial charge is 0.505 e. The van der Waals surface area contributed by atoms with Gasteiger partial charge in [0.2, 0.25) is 17.2 Å². The first-order valence-electron chi connectivity index (χ1n) is 16.5. The highest BCUT2D eigenvalue weighted by Gasteiger charge is 2.29. The minimum Gasteiger partial charge on any atom is -0.505 e. The van der Waals surface area contributed by atoms with Crippen molar-refractivity contribution in [3.63, 3.8) is 0 Å². The van der Waals surface area contributed by atoms with E-state index in [1.165, 1.54) is 4.90 Å². The van der Waals surface area contributed by atoms with Crippen LogP contribution >= 0.6 is 11.6 Å². The van der Waals surface area contributed by atoms with Crippen molar-refractivity contribution < 1.29 is 75.1 Å². The first-order chi connectivity index (χ1) is 28.7. The van der Waals surface area contributed by atoms with Crippen LogP contribution in [0.2, 0.25) is 5.28 Å². The standard InChI is InChI=1S/C32H26ClN7O17S5/c33-30-35-31(37-32(36-30)40(8-9-41)15-16-4-2-1-3-5-16)34-23-13-18(58(43,44)45)10-17-11-25(61(52,53)54)27(28(42)26(17)23)39-38-22-7-6-20-21(29(22)62(55,56)57)12-19(59(46,47)48)14-24(20)60(49,50)51/h1-7,10-14,41-42H,8-9,15H2,(H,43,44,45)(H,46,47,48)(H,49,50,51)(H,52,53,54)(H,55,56,57)(H,34,35,36,37). The third-order valence-corrected chi connectivity index (χ3v) is 13.0. The number of aromatic hydroxyl groups is 1. The van der Waals surface area contributed by atoms with E-state index in [4.69, 9.17) is 11.6 Å². The van der Waals surface area contributed by atoms with Crippen molar-refractivity contribution in [1.82, 2.24) is 15.0 Å². The van der Waals surface area contributed by atoms with E-state index < -0.39 is 131 Å². The summed E-state index contributed by atoms with van der Waals surface area (Å²) in [5.41, 5.74) is -2.01. The highest BCUT2D eigenvalue weighted by atomic mass is 35.5. The predicted molar refractivity (Wildman–Crippen MR) is 216 cm³/mol. The molecule has 1 aromatic heterocycles. The lowest BCUT2D eigenvalue weighted by Crippen LogP contribution is -2.28. The van der Waals surface area contributed by atoms with Gasteiger partial charge in [0.1, 0.15) is 26.1 Å². The number of halogens is 1. The Balaban J connectivity index is 1.60. The molecule has 0 bridgehead atoms. The molecule has 0 aliphatic heterocycles. The van der Waals surface area contributed by atoms with Crippen LogP contribution in [0.3, 0.4) is 0 Å². The summed E-state index contributed by atoms with van der Waals surface area (Å²) in [5, 5.41) is 27.9. The molecule has 6 rings (SSSR count). The lowest BCUT2D eigenvalue weighted by molar-refractivity contribution is 0.300. The number of rotatable bonds is 14. The Hall–Kier alpha value is -5.57. The SMILES string of the molecule is O=S(=O)(O)c1cc(Nc2nc(Cl)nc(N(CCO)Cc3ccccc3)n2)c2c(O)c(N=Nc3ccc4c(S(=O)(=O)O)cc(S(=O)(=O)O)cc4c3S(=O)(=O)O)c(S(=O)(=O)O)cc2c1. The van der Waals surface area contributed by atoms with Crippen molar-refractivity contribution in [2.45, 2.75) is 31.0 Å². The van der Waals surface area contributed by atoms with Crippen LogP contribution in [0.1, 0.15) is 5.56 Å². The summed E-state index contributed by atoms with van der Waals surface area (Å²) in [4.78, 5) is 7.56. The van der Waals surface area contributed by atoms with Crippen LogP contribution in [0, 0.1) is 0 Å². The summed E-state index contributed by atoms with van der Waals surface area (Å²) in [6.07, 6.45) is 0. The smallest absolute Gasteiger partial charge is 0.297 e. The van der Waals surface area contributed by atoms with Crippen LogP contribution < -0.4 is 10.2 Å². The fourth-order valence-corrected chi connectivity index (χ4v) is 9.50. The van der Waals surface area contributed by atoms with E-state index in [0.29, 0.717) is 24.3 Å². The predicted octanol–water partition coefficient (Wildman–Crippen LogP) is 3.93. The number of phenolic OH excluding ortho intramolecular Hbond substituents is 1. The van der Waals surface area contributed by atoms with Gasteiger partial charge in [-0.15, -0.1) is 10.2 Å². The van der Waals surface area contributed by atoms with Gasteiger partial charge in [-0.3, -0.25) is 22.8 Å². The van der Waals surface area contributed by atoms with Gasteiger partial charge in [0.25, 0.3) is 50.6 Å². The van der Waals surface area contributed by atoms with Gasteiger partial charge in [-0.2, -0.15) is 57.0 Å². The molecule has 0 saturated carbocycles. The van der Waals surface area contributed by atoms with Gasteiger partial charge in [0.15, 0.2) is 5.75 Å². The fraction of sp³-hybridized carbons (Fsp3) is 0.0938. The van der Waals surface area contributed by atoms with Crippen LogP contribution in [-0.2, 0) is 57.1 Å². The molecule has 0 amide bonds. The molecule has 0 fully saturated rings. The molecule has 0 spiro atoms. The average Bonchev–Trinajstić information content (AvgIpc) is 3.14. The lowest BCUT2D eigenvalue weighted by Gasteiger charge is -2.22. The average molecular weight is 976 g/mol. The number of nitrogens with one attached hydrogen (secondary N) is 1. The summed E-state index contributed by atoms with van der Waals surface area (Å²) in [5.74, 6) is -1.86. The zero-order chi connectivity index (χ0) is 45.7. The van der Waals surface area contributed by atoms with Crippen molar-refractivity contribution in [3.8, 4) is 5.75 Å². The second-order valence-corrected chi connectivity index (χ2v) is 19.9. The van der Waals surface area contributed by atoms with Crippen molar-refractivity contribution >= 4 is 113 Å². The van der Waals surface area contributed by atoms with Gasteiger partial charge in [-0.25, -0.2) is 0 Å². The maximum atomic E-state index is 12.7. The van der Waals surface area contributed by atoms with Gasteiger partial charge >= 0.3 is 0 Å². The van der Waals surface area contributed by atoms with E-state index in [-0.39, 0.29) is 31.7 Å². The van der Waals surface area contributed by atoms with Crippen LogP contribution in [0.25, 0.3) is 21.5 Å².